The van der Waals surface area contributed by atoms with Crippen LogP contribution in [0.25, 0.3) is 0 Å². The van der Waals surface area contributed by atoms with Gasteiger partial charge in [-0.05, 0) is 18.4 Å². The smallest absolute Gasteiger partial charge is 0.218 e. The van der Waals surface area contributed by atoms with E-state index in [-0.39, 0.29) is 11.2 Å². The Bertz CT molecular complexity index is 346. The zero-order chi connectivity index (χ0) is 10.8. The molecule has 1 aromatic carbocycles. The molecule has 0 bridgehead atoms. The number of hydrogen-bond donors (Lipinski definition) is 0. The number of rotatable bonds is 1. The maximum atomic E-state index is 6.12. The molecule has 2 aliphatic heterocycles. The van der Waals surface area contributed by atoms with Crippen molar-refractivity contribution in [2.45, 2.75) is 30.5 Å². The first-order valence-corrected chi connectivity index (χ1v) is 6.87. The Balaban J connectivity index is 1.73. The van der Waals surface area contributed by atoms with Crippen LogP contribution in [0.4, 0.5) is 0 Å². The van der Waals surface area contributed by atoms with Crippen LogP contribution in [-0.4, -0.2) is 17.5 Å². The lowest BCUT2D eigenvalue weighted by Crippen LogP contribution is -2.32. The summed E-state index contributed by atoms with van der Waals surface area (Å²) < 4.78 is 11.9. The average Bonchev–Trinajstić information content (AvgIpc) is 2.75. The number of benzene rings is 1. The van der Waals surface area contributed by atoms with Gasteiger partial charge in [0.15, 0.2) is 0 Å². The molecule has 16 heavy (non-hydrogen) atoms. The normalized spacial score (nSPS) is 34.4. The molecule has 2 aliphatic rings. The van der Waals surface area contributed by atoms with Gasteiger partial charge >= 0.3 is 0 Å². The van der Waals surface area contributed by atoms with Crippen molar-refractivity contribution in [1.29, 1.82) is 0 Å². The fourth-order valence-corrected chi connectivity index (χ4v) is 3.57. The molecule has 0 aliphatic carbocycles. The highest BCUT2D eigenvalue weighted by Gasteiger charge is 2.43. The Morgan fingerprint density at radius 3 is 2.81 bits per heavy atom. The third-order valence-electron chi connectivity index (χ3n) is 3.15. The van der Waals surface area contributed by atoms with Gasteiger partial charge in [-0.1, -0.05) is 42.1 Å². The lowest BCUT2D eigenvalue weighted by molar-refractivity contribution is -0.201. The maximum absolute atomic E-state index is 6.12. The van der Waals surface area contributed by atoms with Gasteiger partial charge in [0.05, 0.1) is 12.7 Å². The minimum absolute atomic E-state index is 0.198. The van der Waals surface area contributed by atoms with E-state index >= 15 is 0 Å². The van der Waals surface area contributed by atoms with E-state index < -0.39 is 0 Å². The van der Waals surface area contributed by atoms with Crippen LogP contribution in [-0.2, 0) is 9.47 Å². The first-order valence-electron chi connectivity index (χ1n) is 5.89. The van der Waals surface area contributed by atoms with Gasteiger partial charge < -0.3 is 9.47 Å². The quantitative estimate of drug-likeness (QED) is 0.745. The summed E-state index contributed by atoms with van der Waals surface area (Å²) in [5.74, 6) is 1.00. The molecule has 3 heteroatoms. The number of thioether (sulfide) groups is 1. The standard InChI is InChI=1S/C13H16O2S/c1-2-6-11(7-3-1)12-10-16-13(15-12)8-4-5-9-14-13/h1-3,6-7,12H,4-5,8-10H2/t12-,13-/m1/s1. The first kappa shape index (κ1) is 10.6. The largest absolute Gasteiger partial charge is 0.341 e. The Morgan fingerprint density at radius 2 is 2.06 bits per heavy atom. The monoisotopic (exact) mass is 236 g/mol. The number of ether oxygens (including phenoxy) is 2. The molecule has 0 amide bonds. The van der Waals surface area contributed by atoms with Crippen LogP contribution in [0.2, 0.25) is 0 Å². The average molecular weight is 236 g/mol. The van der Waals surface area contributed by atoms with Crippen molar-refractivity contribution in [2.75, 3.05) is 12.4 Å². The second kappa shape index (κ2) is 4.40. The van der Waals surface area contributed by atoms with E-state index in [4.69, 9.17) is 9.47 Å². The SMILES string of the molecule is c1ccc([C@H]2CS[C@@]3(CCCCO3)O2)cc1. The van der Waals surface area contributed by atoms with Gasteiger partial charge in [0.1, 0.15) is 0 Å². The summed E-state index contributed by atoms with van der Waals surface area (Å²) in [6, 6.07) is 10.4. The van der Waals surface area contributed by atoms with Gasteiger partial charge in [-0.3, -0.25) is 0 Å². The molecular formula is C13H16O2S. The van der Waals surface area contributed by atoms with Gasteiger partial charge in [-0.25, -0.2) is 0 Å². The molecule has 86 valence electrons. The van der Waals surface area contributed by atoms with E-state index in [0.29, 0.717) is 0 Å². The molecular weight excluding hydrogens is 220 g/mol. The highest BCUT2D eigenvalue weighted by atomic mass is 32.2. The minimum atomic E-state index is -0.335. The Morgan fingerprint density at radius 1 is 1.19 bits per heavy atom. The Hall–Kier alpha value is -0.510. The molecule has 2 atom stereocenters. The summed E-state index contributed by atoms with van der Waals surface area (Å²) in [6.07, 6.45) is 3.61. The molecule has 2 heterocycles. The lowest BCUT2D eigenvalue weighted by Gasteiger charge is -2.32. The lowest BCUT2D eigenvalue weighted by atomic mass is 10.1. The molecule has 0 aromatic heterocycles. The van der Waals surface area contributed by atoms with E-state index in [1.165, 1.54) is 18.4 Å². The second-order valence-electron chi connectivity index (χ2n) is 4.32. The van der Waals surface area contributed by atoms with Crippen LogP contribution in [0.3, 0.4) is 0 Å². The van der Waals surface area contributed by atoms with E-state index in [9.17, 15) is 0 Å². The summed E-state index contributed by atoms with van der Waals surface area (Å²) in [4.78, 5) is 0. The van der Waals surface area contributed by atoms with E-state index in [1.54, 1.807) is 0 Å². The fourth-order valence-electron chi connectivity index (χ4n) is 2.27. The van der Waals surface area contributed by atoms with Crippen molar-refractivity contribution in [3.05, 3.63) is 35.9 Å². The van der Waals surface area contributed by atoms with Crippen LogP contribution in [0.1, 0.15) is 30.9 Å². The van der Waals surface area contributed by atoms with E-state index in [2.05, 4.69) is 24.3 Å². The van der Waals surface area contributed by atoms with Gasteiger partial charge in [0.25, 0.3) is 0 Å². The van der Waals surface area contributed by atoms with Crippen molar-refractivity contribution >= 4 is 11.8 Å². The van der Waals surface area contributed by atoms with Crippen LogP contribution < -0.4 is 0 Å². The molecule has 0 saturated carbocycles. The molecule has 3 rings (SSSR count). The van der Waals surface area contributed by atoms with Crippen molar-refractivity contribution in [3.8, 4) is 0 Å². The summed E-state index contributed by atoms with van der Waals surface area (Å²) >= 11 is 1.82. The molecule has 0 unspecified atom stereocenters. The summed E-state index contributed by atoms with van der Waals surface area (Å²) in [5.41, 5.74) is 1.26. The fraction of sp³-hybridized carbons (Fsp3) is 0.538. The Kier molecular flexibility index (Phi) is 2.92. The third-order valence-corrected chi connectivity index (χ3v) is 4.47. The number of hydrogen-bond acceptors (Lipinski definition) is 3. The topological polar surface area (TPSA) is 18.5 Å². The summed E-state index contributed by atoms with van der Waals surface area (Å²) in [7, 11) is 0. The van der Waals surface area contributed by atoms with Crippen molar-refractivity contribution in [3.63, 3.8) is 0 Å². The predicted molar refractivity (Wildman–Crippen MR) is 65.3 cm³/mol. The summed E-state index contributed by atoms with van der Waals surface area (Å²) in [6.45, 7) is 0.842. The van der Waals surface area contributed by atoms with Crippen molar-refractivity contribution < 1.29 is 9.47 Å². The van der Waals surface area contributed by atoms with Crippen LogP contribution in [0.15, 0.2) is 30.3 Å². The van der Waals surface area contributed by atoms with Crippen LogP contribution in [0, 0.1) is 0 Å². The van der Waals surface area contributed by atoms with E-state index in [1.807, 2.05) is 17.8 Å². The molecule has 2 nitrogen and oxygen atoms in total. The summed E-state index contributed by atoms with van der Waals surface area (Å²) in [5, 5.41) is -0.335. The predicted octanol–water partition coefficient (Wildman–Crippen LogP) is 3.35. The van der Waals surface area contributed by atoms with Gasteiger partial charge in [-0.15, -0.1) is 0 Å². The molecule has 2 fully saturated rings. The second-order valence-corrected chi connectivity index (χ2v) is 5.56. The third kappa shape index (κ3) is 1.99. The molecule has 2 saturated heterocycles. The van der Waals surface area contributed by atoms with Gasteiger partial charge in [0.2, 0.25) is 5.12 Å². The zero-order valence-electron chi connectivity index (χ0n) is 9.22. The van der Waals surface area contributed by atoms with E-state index in [0.717, 1.165) is 18.8 Å². The molecule has 0 radical (unpaired) electrons. The minimum Gasteiger partial charge on any atom is -0.341 e. The highest BCUT2D eigenvalue weighted by molar-refractivity contribution is 8.00. The first-order chi connectivity index (χ1) is 7.88. The van der Waals surface area contributed by atoms with Gasteiger partial charge in [0, 0.05) is 12.2 Å². The van der Waals surface area contributed by atoms with Crippen LogP contribution in [0.5, 0.6) is 0 Å². The maximum Gasteiger partial charge on any atom is 0.218 e. The van der Waals surface area contributed by atoms with Gasteiger partial charge in [-0.2, -0.15) is 0 Å². The molecule has 1 spiro atoms. The zero-order valence-corrected chi connectivity index (χ0v) is 10.0. The van der Waals surface area contributed by atoms with Crippen LogP contribution >= 0.6 is 11.8 Å². The highest BCUT2D eigenvalue weighted by Crippen LogP contribution is 2.48. The molecule has 0 N–H and O–H groups in total. The molecule has 1 aromatic rings. The van der Waals surface area contributed by atoms with Crippen molar-refractivity contribution in [1.82, 2.24) is 0 Å². The Labute approximate surface area is 100 Å². The van der Waals surface area contributed by atoms with Crippen molar-refractivity contribution in [2.24, 2.45) is 0 Å².